The van der Waals surface area contributed by atoms with Crippen LogP contribution < -0.4 is 10.6 Å². The summed E-state index contributed by atoms with van der Waals surface area (Å²) in [5.41, 5.74) is 0. The molecule has 1 saturated heterocycles. The van der Waals surface area contributed by atoms with E-state index in [1.807, 2.05) is 20.8 Å². The summed E-state index contributed by atoms with van der Waals surface area (Å²) in [5, 5.41) is 5.80. The van der Waals surface area contributed by atoms with E-state index in [2.05, 4.69) is 10.6 Å². The first-order chi connectivity index (χ1) is 8.54. The number of urea groups is 1. The lowest BCUT2D eigenvalue weighted by molar-refractivity contribution is -0.126. The zero-order valence-electron chi connectivity index (χ0n) is 11.7. The Hall–Kier alpha value is -1.26. The quantitative estimate of drug-likeness (QED) is 0.796. The van der Waals surface area contributed by atoms with Crippen LogP contribution in [0.3, 0.4) is 0 Å². The van der Waals surface area contributed by atoms with Crippen molar-refractivity contribution in [1.29, 1.82) is 0 Å². The highest BCUT2D eigenvalue weighted by Crippen LogP contribution is 2.17. The van der Waals surface area contributed by atoms with Crippen LogP contribution in [0.4, 0.5) is 4.79 Å². The smallest absolute Gasteiger partial charge is 0.317 e. The maximum atomic E-state index is 11.8. The number of amides is 3. The fraction of sp³-hybridized carbons (Fsp3) is 0.846. The molecule has 1 aliphatic rings. The van der Waals surface area contributed by atoms with E-state index in [0.717, 1.165) is 25.8 Å². The molecule has 0 aliphatic carbocycles. The summed E-state index contributed by atoms with van der Waals surface area (Å²) in [7, 11) is 0. The molecule has 1 aliphatic heterocycles. The Labute approximate surface area is 109 Å². The summed E-state index contributed by atoms with van der Waals surface area (Å²) in [5.74, 6) is 0.209. The van der Waals surface area contributed by atoms with Crippen molar-refractivity contribution in [2.45, 2.75) is 46.1 Å². The van der Waals surface area contributed by atoms with Crippen molar-refractivity contribution in [3.05, 3.63) is 0 Å². The second-order valence-electron chi connectivity index (χ2n) is 5.16. The van der Waals surface area contributed by atoms with E-state index in [1.54, 1.807) is 4.90 Å². The van der Waals surface area contributed by atoms with E-state index < -0.39 is 0 Å². The number of carbonyl (C=O) groups excluding carboxylic acids is 2. The van der Waals surface area contributed by atoms with Crippen molar-refractivity contribution in [3.63, 3.8) is 0 Å². The van der Waals surface area contributed by atoms with E-state index in [9.17, 15) is 9.59 Å². The van der Waals surface area contributed by atoms with Gasteiger partial charge in [-0.15, -0.1) is 0 Å². The zero-order chi connectivity index (χ0) is 13.5. The minimum absolute atomic E-state index is 0.0163. The van der Waals surface area contributed by atoms with E-state index in [4.69, 9.17) is 0 Å². The van der Waals surface area contributed by atoms with Gasteiger partial charge >= 0.3 is 6.03 Å². The maximum Gasteiger partial charge on any atom is 0.317 e. The number of nitrogens with one attached hydrogen (secondary N) is 2. The van der Waals surface area contributed by atoms with Crippen molar-refractivity contribution in [3.8, 4) is 0 Å². The first kappa shape index (κ1) is 14.8. The molecule has 1 heterocycles. The van der Waals surface area contributed by atoms with Gasteiger partial charge in [-0.05, 0) is 33.1 Å². The minimum Gasteiger partial charge on any atom is -0.356 e. The largest absolute Gasteiger partial charge is 0.356 e. The Morgan fingerprint density at radius 1 is 1.28 bits per heavy atom. The van der Waals surface area contributed by atoms with E-state index >= 15 is 0 Å². The number of rotatable bonds is 4. The Bertz CT molecular complexity index is 284. The van der Waals surface area contributed by atoms with Gasteiger partial charge in [-0.25, -0.2) is 4.79 Å². The highest BCUT2D eigenvalue weighted by Gasteiger charge is 2.27. The lowest BCUT2D eigenvalue weighted by Gasteiger charge is -2.31. The van der Waals surface area contributed by atoms with Gasteiger partial charge in [-0.3, -0.25) is 4.79 Å². The molecule has 3 amide bonds. The SMILES string of the molecule is CCCNC(=O)C1CCN(C(=O)NC(C)C)CC1. The first-order valence-corrected chi connectivity index (χ1v) is 6.87. The summed E-state index contributed by atoms with van der Waals surface area (Å²) in [6.45, 7) is 8.02. The third kappa shape index (κ3) is 4.55. The Morgan fingerprint density at radius 2 is 1.89 bits per heavy atom. The van der Waals surface area contributed by atoms with Crippen LogP contribution in [0.25, 0.3) is 0 Å². The Balaban J connectivity index is 2.32. The Morgan fingerprint density at radius 3 is 2.39 bits per heavy atom. The minimum atomic E-state index is -0.0163. The fourth-order valence-corrected chi connectivity index (χ4v) is 2.08. The second-order valence-corrected chi connectivity index (χ2v) is 5.16. The van der Waals surface area contributed by atoms with Crippen LogP contribution in [0, 0.1) is 5.92 Å². The average molecular weight is 255 g/mol. The van der Waals surface area contributed by atoms with Gasteiger partial charge in [0, 0.05) is 31.6 Å². The van der Waals surface area contributed by atoms with Gasteiger partial charge in [-0.1, -0.05) is 6.92 Å². The Kier molecular flexibility index (Phi) is 5.95. The van der Waals surface area contributed by atoms with Gasteiger partial charge in [0.15, 0.2) is 0 Å². The van der Waals surface area contributed by atoms with Gasteiger partial charge in [0.1, 0.15) is 0 Å². The van der Waals surface area contributed by atoms with Crippen LogP contribution in [-0.4, -0.2) is 42.5 Å². The lowest BCUT2D eigenvalue weighted by Crippen LogP contribution is -2.48. The van der Waals surface area contributed by atoms with Crippen LogP contribution in [0.15, 0.2) is 0 Å². The van der Waals surface area contributed by atoms with Crippen LogP contribution in [0.1, 0.15) is 40.0 Å². The molecule has 0 saturated carbocycles. The van der Waals surface area contributed by atoms with Gasteiger partial charge in [0.2, 0.25) is 5.91 Å². The molecule has 18 heavy (non-hydrogen) atoms. The summed E-state index contributed by atoms with van der Waals surface area (Å²) in [6, 6.07) is 0.139. The zero-order valence-corrected chi connectivity index (χ0v) is 11.7. The van der Waals surface area contributed by atoms with Crippen LogP contribution >= 0.6 is 0 Å². The number of hydrogen-bond acceptors (Lipinski definition) is 2. The number of piperidine rings is 1. The van der Waals surface area contributed by atoms with Crippen molar-refractivity contribution in [2.24, 2.45) is 5.92 Å². The molecular formula is C13H25N3O2. The molecule has 0 aromatic heterocycles. The molecule has 2 N–H and O–H groups in total. The molecule has 104 valence electrons. The third-order valence-corrected chi connectivity index (χ3v) is 3.11. The number of likely N-dealkylation sites (tertiary alicyclic amines) is 1. The third-order valence-electron chi connectivity index (χ3n) is 3.11. The summed E-state index contributed by atoms with van der Waals surface area (Å²) >= 11 is 0. The molecular weight excluding hydrogens is 230 g/mol. The lowest BCUT2D eigenvalue weighted by atomic mass is 9.96. The predicted molar refractivity (Wildman–Crippen MR) is 71.3 cm³/mol. The van der Waals surface area contributed by atoms with Crippen molar-refractivity contribution >= 4 is 11.9 Å². The fourth-order valence-electron chi connectivity index (χ4n) is 2.08. The van der Waals surface area contributed by atoms with Crippen LogP contribution in [0.2, 0.25) is 0 Å². The number of nitrogens with zero attached hydrogens (tertiary/aromatic N) is 1. The number of carbonyl (C=O) groups is 2. The summed E-state index contributed by atoms with van der Waals surface area (Å²) in [6.07, 6.45) is 2.49. The van der Waals surface area contributed by atoms with E-state index in [0.29, 0.717) is 13.1 Å². The first-order valence-electron chi connectivity index (χ1n) is 6.87. The predicted octanol–water partition coefficient (Wildman–Crippen LogP) is 1.34. The monoisotopic (exact) mass is 255 g/mol. The maximum absolute atomic E-state index is 11.8. The van der Waals surface area contributed by atoms with E-state index in [-0.39, 0.29) is 23.9 Å². The molecule has 0 atom stereocenters. The van der Waals surface area contributed by atoms with Gasteiger partial charge in [0.05, 0.1) is 0 Å². The molecule has 1 fully saturated rings. The second kappa shape index (κ2) is 7.24. The molecule has 0 bridgehead atoms. The van der Waals surface area contributed by atoms with Crippen molar-refractivity contribution in [1.82, 2.24) is 15.5 Å². The average Bonchev–Trinajstić information content (AvgIpc) is 2.35. The van der Waals surface area contributed by atoms with Crippen LogP contribution in [0.5, 0.6) is 0 Å². The molecule has 0 unspecified atom stereocenters. The molecule has 5 nitrogen and oxygen atoms in total. The van der Waals surface area contributed by atoms with E-state index in [1.165, 1.54) is 0 Å². The molecule has 1 rings (SSSR count). The molecule has 0 aromatic rings. The number of hydrogen-bond donors (Lipinski definition) is 2. The highest BCUT2D eigenvalue weighted by atomic mass is 16.2. The molecule has 5 heteroatoms. The standard InChI is InChI=1S/C13H25N3O2/c1-4-7-14-12(17)11-5-8-16(9-6-11)13(18)15-10(2)3/h10-11H,4-9H2,1-3H3,(H,14,17)(H,15,18). The molecule has 0 spiro atoms. The highest BCUT2D eigenvalue weighted by molar-refractivity contribution is 5.79. The normalized spacial score (nSPS) is 16.8. The summed E-state index contributed by atoms with van der Waals surface area (Å²) in [4.78, 5) is 25.3. The summed E-state index contributed by atoms with van der Waals surface area (Å²) < 4.78 is 0. The van der Waals surface area contributed by atoms with Crippen molar-refractivity contribution < 1.29 is 9.59 Å². The topological polar surface area (TPSA) is 61.4 Å². The van der Waals surface area contributed by atoms with Gasteiger partial charge in [0.25, 0.3) is 0 Å². The van der Waals surface area contributed by atoms with Crippen molar-refractivity contribution in [2.75, 3.05) is 19.6 Å². The van der Waals surface area contributed by atoms with Crippen LogP contribution in [-0.2, 0) is 4.79 Å². The van der Waals surface area contributed by atoms with Gasteiger partial charge in [-0.2, -0.15) is 0 Å². The molecule has 0 aromatic carbocycles. The van der Waals surface area contributed by atoms with Gasteiger partial charge < -0.3 is 15.5 Å². The molecule has 0 radical (unpaired) electrons.